The number of carbonyl (C=O) groups excluding carboxylic acids is 2. The highest BCUT2D eigenvalue weighted by atomic mass is 16.5. The number of rotatable bonds is 8. The van der Waals surface area contributed by atoms with Crippen molar-refractivity contribution in [2.75, 3.05) is 6.54 Å². The quantitative estimate of drug-likeness (QED) is 0.423. The number of hydrogen-bond acceptors (Lipinski definition) is 5. The minimum atomic E-state index is -1.17. The highest BCUT2D eigenvalue weighted by Gasteiger charge is 2.25. The van der Waals surface area contributed by atoms with Gasteiger partial charge in [0.2, 0.25) is 0 Å². The molecule has 0 saturated carbocycles. The van der Waals surface area contributed by atoms with Crippen LogP contribution in [0.1, 0.15) is 27.4 Å². The van der Waals surface area contributed by atoms with Crippen LogP contribution in [0.3, 0.4) is 0 Å². The summed E-state index contributed by atoms with van der Waals surface area (Å²) in [6.45, 7) is -0.168. The van der Waals surface area contributed by atoms with Gasteiger partial charge in [0.1, 0.15) is 18.3 Å². The summed E-state index contributed by atoms with van der Waals surface area (Å²) in [6, 6.07) is 23.8. The summed E-state index contributed by atoms with van der Waals surface area (Å²) in [5.74, 6) is -2.80. The van der Waals surface area contributed by atoms with Crippen LogP contribution in [0.25, 0.3) is 0 Å². The fourth-order valence-corrected chi connectivity index (χ4v) is 2.88. The SMILES string of the molecule is O=C(NC[C@H](C(=O)O)c1ccccc1OC(=O)c1ccccc1)OCc1ccccc1. The molecule has 7 heteroatoms. The average molecular weight is 419 g/mol. The van der Waals surface area contributed by atoms with Gasteiger partial charge in [-0.05, 0) is 23.8 Å². The highest BCUT2D eigenvalue weighted by Crippen LogP contribution is 2.27. The smallest absolute Gasteiger partial charge is 0.407 e. The number of ether oxygens (including phenoxy) is 2. The Labute approximate surface area is 179 Å². The van der Waals surface area contributed by atoms with Crippen molar-refractivity contribution in [2.24, 2.45) is 0 Å². The Kier molecular flexibility index (Phi) is 7.37. The molecule has 0 heterocycles. The summed E-state index contributed by atoms with van der Waals surface area (Å²) >= 11 is 0. The van der Waals surface area contributed by atoms with E-state index >= 15 is 0 Å². The molecule has 0 fully saturated rings. The van der Waals surface area contributed by atoms with Gasteiger partial charge < -0.3 is 19.9 Å². The Bertz CT molecular complexity index is 1040. The van der Waals surface area contributed by atoms with Crippen molar-refractivity contribution in [3.05, 3.63) is 102 Å². The Morgan fingerprint density at radius 3 is 2.13 bits per heavy atom. The van der Waals surface area contributed by atoms with Crippen LogP contribution < -0.4 is 10.1 Å². The van der Waals surface area contributed by atoms with E-state index in [-0.39, 0.29) is 24.5 Å². The molecular weight excluding hydrogens is 398 g/mol. The van der Waals surface area contributed by atoms with Crippen molar-refractivity contribution in [1.82, 2.24) is 5.32 Å². The van der Waals surface area contributed by atoms with Crippen LogP contribution in [0.2, 0.25) is 0 Å². The van der Waals surface area contributed by atoms with E-state index in [0.717, 1.165) is 5.56 Å². The van der Waals surface area contributed by atoms with Crippen LogP contribution in [0.15, 0.2) is 84.9 Å². The lowest BCUT2D eigenvalue weighted by Gasteiger charge is -2.17. The van der Waals surface area contributed by atoms with Crippen molar-refractivity contribution < 1.29 is 29.0 Å². The van der Waals surface area contributed by atoms with E-state index in [1.165, 1.54) is 6.07 Å². The van der Waals surface area contributed by atoms with Gasteiger partial charge in [0.15, 0.2) is 0 Å². The van der Waals surface area contributed by atoms with Crippen LogP contribution in [0.4, 0.5) is 4.79 Å². The van der Waals surface area contributed by atoms with E-state index in [4.69, 9.17) is 9.47 Å². The number of carbonyl (C=O) groups is 3. The number of carboxylic acids is 1. The Balaban J connectivity index is 1.66. The number of aliphatic carboxylic acids is 1. The predicted molar refractivity (Wildman–Crippen MR) is 113 cm³/mol. The molecule has 31 heavy (non-hydrogen) atoms. The van der Waals surface area contributed by atoms with Crippen LogP contribution in [-0.4, -0.2) is 29.7 Å². The minimum absolute atomic E-state index is 0.0652. The molecule has 0 aliphatic rings. The Hall–Kier alpha value is -4.13. The predicted octanol–water partition coefficient (Wildman–Crippen LogP) is 4.00. The molecule has 0 spiro atoms. The number of alkyl carbamates (subject to hydrolysis) is 1. The number of para-hydroxylation sites is 1. The van der Waals surface area contributed by atoms with E-state index in [1.54, 1.807) is 48.5 Å². The largest absolute Gasteiger partial charge is 0.481 e. The molecule has 0 aliphatic carbocycles. The van der Waals surface area contributed by atoms with E-state index in [9.17, 15) is 19.5 Å². The number of hydrogen-bond donors (Lipinski definition) is 2. The highest BCUT2D eigenvalue weighted by molar-refractivity contribution is 5.91. The molecule has 3 rings (SSSR count). The number of carboxylic acid groups (broad SMARTS) is 1. The second kappa shape index (κ2) is 10.6. The molecule has 158 valence electrons. The summed E-state index contributed by atoms with van der Waals surface area (Å²) < 4.78 is 10.5. The minimum Gasteiger partial charge on any atom is -0.481 e. The van der Waals surface area contributed by atoms with Crippen LogP contribution in [0, 0.1) is 0 Å². The number of nitrogens with one attached hydrogen (secondary N) is 1. The topological polar surface area (TPSA) is 102 Å². The van der Waals surface area contributed by atoms with E-state index in [0.29, 0.717) is 5.56 Å². The zero-order valence-corrected chi connectivity index (χ0v) is 16.6. The van der Waals surface area contributed by atoms with Gasteiger partial charge in [0.25, 0.3) is 0 Å². The molecule has 3 aromatic carbocycles. The number of amides is 1. The zero-order valence-electron chi connectivity index (χ0n) is 16.6. The maximum absolute atomic E-state index is 12.4. The van der Waals surface area contributed by atoms with Crippen LogP contribution in [0.5, 0.6) is 5.75 Å². The normalized spacial score (nSPS) is 11.2. The fourth-order valence-electron chi connectivity index (χ4n) is 2.88. The summed E-state index contributed by atoms with van der Waals surface area (Å²) in [7, 11) is 0. The van der Waals surface area contributed by atoms with Gasteiger partial charge in [0, 0.05) is 12.1 Å². The summed E-state index contributed by atoms with van der Waals surface area (Å²) in [6.07, 6.45) is -0.742. The van der Waals surface area contributed by atoms with Gasteiger partial charge in [-0.2, -0.15) is 0 Å². The van der Waals surface area contributed by atoms with Crippen molar-refractivity contribution in [3.8, 4) is 5.75 Å². The first kappa shape index (κ1) is 21.6. The molecule has 0 radical (unpaired) electrons. The zero-order chi connectivity index (χ0) is 22.1. The molecule has 0 saturated heterocycles. The molecule has 1 atom stereocenters. The van der Waals surface area contributed by atoms with E-state index in [1.807, 2.05) is 30.3 Å². The Morgan fingerprint density at radius 1 is 0.839 bits per heavy atom. The van der Waals surface area contributed by atoms with Gasteiger partial charge in [-0.15, -0.1) is 0 Å². The monoisotopic (exact) mass is 419 g/mol. The molecule has 0 bridgehead atoms. The molecule has 0 unspecified atom stereocenters. The maximum atomic E-state index is 12.4. The molecule has 2 N–H and O–H groups in total. The summed E-state index contributed by atoms with van der Waals surface area (Å²) in [5.41, 5.74) is 1.42. The lowest BCUT2D eigenvalue weighted by atomic mass is 9.98. The lowest BCUT2D eigenvalue weighted by molar-refractivity contribution is -0.138. The first-order valence-corrected chi connectivity index (χ1v) is 9.58. The molecule has 7 nitrogen and oxygen atoms in total. The average Bonchev–Trinajstić information content (AvgIpc) is 2.80. The molecule has 0 aliphatic heterocycles. The lowest BCUT2D eigenvalue weighted by Crippen LogP contribution is -2.32. The third-order valence-electron chi connectivity index (χ3n) is 4.47. The van der Waals surface area contributed by atoms with Crippen molar-refractivity contribution >= 4 is 18.0 Å². The number of esters is 1. The summed E-state index contributed by atoms with van der Waals surface area (Å²) in [4.78, 5) is 36.3. The molecule has 0 aromatic heterocycles. The molecule has 1 amide bonds. The van der Waals surface area contributed by atoms with E-state index in [2.05, 4.69) is 5.32 Å². The third-order valence-corrected chi connectivity index (χ3v) is 4.47. The molecule has 3 aromatic rings. The van der Waals surface area contributed by atoms with Gasteiger partial charge in [-0.1, -0.05) is 66.7 Å². The van der Waals surface area contributed by atoms with Gasteiger partial charge in [0.05, 0.1) is 5.56 Å². The van der Waals surface area contributed by atoms with E-state index < -0.39 is 23.9 Å². The van der Waals surface area contributed by atoms with Crippen LogP contribution >= 0.6 is 0 Å². The van der Waals surface area contributed by atoms with Gasteiger partial charge in [-0.3, -0.25) is 4.79 Å². The fraction of sp³-hybridized carbons (Fsp3) is 0.125. The standard InChI is InChI=1S/C24H21NO6/c26-22(27)20(15-25-24(29)30-16-17-9-3-1-4-10-17)19-13-7-8-14-21(19)31-23(28)18-11-5-2-6-12-18/h1-14,20H,15-16H2,(H,25,29)(H,26,27)/t20-/m0/s1. The second-order valence-electron chi connectivity index (χ2n) is 6.63. The van der Waals surface area contributed by atoms with Gasteiger partial charge >= 0.3 is 18.0 Å². The first-order valence-electron chi connectivity index (χ1n) is 9.58. The first-order chi connectivity index (χ1) is 15.0. The summed E-state index contributed by atoms with van der Waals surface area (Å²) in [5, 5.41) is 12.2. The van der Waals surface area contributed by atoms with Gasteiger partial charge in [-0.25, -0.2) is 9.59 Å². The third kappa shape index (κ3) is 6.17. The van der Waals surface area contributed by atoms with Crippen molar-refractivity contribution in [1.29, 1.82) is 0 Å². The van der Waals surface area contributed by atoms with Crippen LogP contribution in [-0.2, 0) is 16.1 Å². The molecular formula is C24H21NO6. The van der Waals surface area contributed by atoms with Crippen molar-refractivity contribution in [2.45, 2.75) is 12.5 Å². The maximum Gasteiger partial charge on any atom is 0.407 e. The number of benzene rings is 3. The Morgan fingerprint density at radius 2 is 1.45 bits per heavy atom. The second-order valence-corrected chi connectivity index (χ2v) is 6.63. The van der Waals surface area contributed by atoms with Crippen molar-refractivity contribution in [3.63, 3.8) is 0 Å².